The Labute approximate surface area is 183 Å². The van der Waals surface area contributed by atoms with Gasteiger partial charge in [-0.2, -0.15) is 5.10 Å². The van der Waals surface area contributed by atoms with Crippen molar-refractivity contribution in [3.63, 3.8) is 0 Å². The van der Waals surface area contributed by atoms with E-state index in [4.69, 9.17) is 23.8 Å². The van der Waals surface area contributed by atoms with Gasteiger partial charge in [-0.05, 0) is 49.8 Å². The van der Waals surface area contributed by atoms with Gasteiger partial charge in [0.25, 0.3) is 0 Å². The van der Waals surface area contributed by atoms with Crippen LogP contribution in [0.5, 0.6) is 5.75 Å². The van der Waals surface area contributed by atoms with Gasteiger partial charge in [-0.1, -0.05) is 11.6 Å². The lowest BCUT2D eigenvalue weighted by molar-refractivity contribution is -0.274. The van der Waals surface area contributed by atoms with Crippen LogP contribution in [0.1, 0.15) is 17.7 Å². The summed E-state index contributed by atoms with van der Waals surface area (Å²) < 4.78 is 42.4. The van der Waals surface area contributed by atoms with Crippen molar-refractivity contribution < 1.29 is 17.9 Å². The van der Waals surface area contributed by atoms with Crippen LogP contribution in [-0.2, 0) is 13.6 Å². The first-order chi connectivity index (χ1) is 14.1. The molecule has 11 heteroatoms. The van der Waals surface area contributed by atoms with E-state index in [1.165, 1.54) is 24.3 Å². The minimum Gasteiger partial charge on any atom is -0.406 e. The van der Waals surface area contributed by atoms with Crippen molar-refractivity contribution in [3.05, 3.63) is 40.7 Å². The van der Waals surface area contributed by atoms with E-state index in [0.717, 1.165) is 50.4 Å². The van der Waals surface area contributed by atoms with Gasteiger partial charge in [-0.3, -0.25) is 9.58 Å². The van der Waals surface area contributed by atoms with Crippen LogP contribution in [-0.4, -0.2) is 57.2 Å². The van der Waals surface area contributed by atoms with Gasteiger partial charge in [0.15, 0.2) is 5.11 Å². The fourth-order valence-corrected chi connectivity index (χ4v) is 3.89. The average Bonchev–Trinajstić information content (AvgIpc) is 2.84. The first kappa shape index (κ1) is 22.6. The summed E-state index contributed by atoms with van der Waals surface area (Å²) in [6.07, 6.45) is -3.78. The number of halogens is 4. The number of anilines is 1. The number of aryl methyl sites for hydroxylation is 2. The van der Waals surface area contributed by atoms with Crippen LogP contribution >= 0.6 is 23.8 Å². The first-order valence-corrected chi connectivity index (χ1v) is 10.2. The minimum absolute atomic E-state index is 0.270. The molecule has 1 aliphatic rings. The molecule has 6 nitrogen and oxygen atoms in total. The van der Waals surface area contributed by atoms with Gasteiger partial charge in [0.2, 0.25) is 0 Å². The molecule has 0 amide bonds. The number of benzene rings is 1. The average molecular weight is 462 g/mol. The molecule has 1 aliphatic heterocycles. The Hall–Kier alpha value is -2.04. The number of ether oxygens (including phenoxy) is 1. The largest absolute Gasteiger partial charge is 0.573 e. The molecule has 2 heterocycles. The highest BCUT2D eigenvalue weighted by molar-refractivity contribution is 7.80. The molecule has 0 atom stereocenters. The molecular weight excluding hydrogens is 439 g/mol. The summed E-state index contributed by atoms with van der Waals surface area (Å²) in [4.78, 5) is 4.38. The fraction of sp³-hybridized carbons (Fsp3) is 0.474. The summed E-state index contributed by atoms with van der Waals surface area (Å²) in [6.45, 7) is 5.93. The van der Waals surface area contributed by atoms with Crippen LogP contribution < -0.4 is 10.1 Å². The normalized spacial score (nSPS) is 15.7. The second kappa shape index (κ2) is 9.40. The molecule has 0 aliphatic carbocycles. The number of aromatic nitrogens is 2. The van der Waals surface area contributed by atoms with E-state index in [1.54, 1.807) is 4.68 Å². The van der Waals surface area contributed by atoms with Crippen LogP contribution in [0.2, 0.25) is 5.15 Å². The number of hydrogen-bond acceptors (Lipinski definition) is 4. The predicted octanol–water partition coefficient (Wildman–Crippen LogP) is 4.19. The van der Waals surface area contributed by atoms with Gasteiger partial charge < -0.3 is 15.0 Å². The summed E-state index contributed by atoms with van der Waals surface area (Å²) in [5, 5.41) is 8.64. The number of thiocarbonyl (C=S) groups is 1. The zero-order valence-electron chi connectivity index (χ0n) is 16.7. The Morgan fingerprint density at radius 2 is 1.90 bits per heavy atom. The van der Waals surface area contributed by atoms with E-state index in [0.29, 0.717) is 16.0 Å². The highest BCUT2D eigenvalue weighted by Crippen LogP contribution is 2.24. The SMILES string of the molecule is Cc1nn(C)c(Cl)c1CN1CCCN(C(=S)Nc2ccc(OC(F)(F)F)cc2)CC1. The van der Waals surface area contributed by atoms with Gasteiger partial charge >= 0.3 is 6.36 Å². The van der Waals surface area contributed by atoms with Crippen LogP contribution in [0.25, 0.3) is 0 Å². The molecule has 1 aromatic heterocycles. The molecule has 0 unspecified atom stereocenters. The van der Waals surface area contributed by atoms with Crippen molar-refractivity contribution in [2.45, 2.75) is 26.3 Å². The molecular formula is C19H23ClF3N5OS. The summed E-state index contributed by atoms with van der Waals surface area (Å²) in [5.41, 5.74) is 2.57. The maximum atomic E-state index is 12.3. The zero-order valence-corrected chi connectivity index (χ0v) is 18.2. The second-order valence-electron chi connectivity index (χ2n) is 7.10. The van der Waals surface area contributed by atoms with E-state index in [-0.39, 0.29) is 5.75 Å². The smallest absolute Gasteiger partial charge is 0.406 e. The molecule has 3 rings (SSSR count). The van der Waals surface area contributed by atoms with Crippen molar-refractivity contribution in [1.29, 1.82) is 0 Å². The van der Waals surface area contributed by atoms with Crippen LogP contribution in [0.4, 0.5) is 18.9 Å². The quantitative estimate of drug-likeness (QED) is 0.689. The second-order valence-corrected chi connectivity index (χ2v) is 7.84. The third kappa shape index (κ3) is 5.99. The molecule has 1 aromatic carbocycles. The summed E-state index contributed by atoms with van der Waals surface area (Å²) in [5.74, 6) is -0.270. The maximum Gasteiger partial charge on any atom is 0.573 e. The van der Waals surface area contributed by atoms with Gasteiger partial charge in [-0.25, -0.2) is 0 Å². The number of rotatable bonds is 4. The van der Waals surface area contributed by atoms with E-state index in [9.17, 15) is 13.2 Å². The molecule has 1 N–H and O–H groups in total. The standard InChI is InChI=1S/C19H23ClF3N5OS/c1-13-16(17(20)26(2)25-13)12-27-8-3-9-28(11-10-27)18(30)24-14-4-6-15(7-5-14)29-19(21,22)23/h4-7H,3,8-12H2,1-2H3,(H,24,30). The predicted molar refractivity (Wildman–Crippen MR) is 114 cm³/mol. The molecule has 0 bridgehead atoms. The third-order valence-corrected chi connectivity index (χ3v) is 5.70. The molecule has 1 fully saturated rings. The topological polar surface area (TPSA) is 45.6 Å². The van der Waals surface area contributed by atoms with Crippen molar-refractivity contribution in [3.8, 4) is 5.75 Å². The lowest BCUT2D eigenvalue weighted by Gasteiger charge is -2.25. The van der Waals surface area contributed by atoms with E-state index in [2.05, 4.69) is 25.0 Å². The van der Waals surface area contributed by atoms with Crippen molar-refractivity contribution in [2.24, 2.45) is 7.05 Å². The fourth-order valence-electron chi connectivity index (χ4n) is 3.35. The maximum absolute atomic E-state index is 12.3. The highest BCUT2D eigenvalue weighted by Gasteiger charge is 2.31. The van der Waals surface area contributed by atoms with E-state index in [1.807, 2.05) is 14.0 Å². The highest BCUT2D eigenvalue weighted by atomic mass is 35.5. The number of alkyl halides is 3. The molecule has 164 valence electrons. The van der Waals surface area contributed by atoms with Crippen molar-refractivity contribution >= 4 is 34.6 Å². The van der Waals surface area contributed by atoms with Crippen molar-refractivity contribution in [1.82, 2.24) is 19.6 Å². The Kier molecular flexibility index (Phi) is 7.10. The van der Waals surface area contributed by atoms with Gasteiger partial charge in [0.05, 0.1) is 5.69 Å². The van der Waals surface area contributed by atoms with Gasteiger partial charge in [-0.15, -0.1) is 13.2 Å². The summed E-state index contributed by atoms with van der Waals surface area (Å²) in [6, 6.07) is 5.51. The molecule has 0 saturated carbocycles. The van der Waals surface area contributed by atoms with E-state index >= 15 is 0 Å². The van der Waals surface area contributed by atoms with Crippen LogP contribution in [0.15, 0.2) is 24.3 Å². The Balaban J connectivity index is 1.54. The monoisotopic (exact) mass is 461 g/mol. The number of nitrogens with zero attached hydrogens (tertiary/aromatic N) is 4. The minimum atomic E-state index is -4.71. The summed E-state index contributed by atoms with van der Waals surface area (Å²) >= 11 is 11.9. The first-order valence-electron chi connectivity index (χ1n) is 9.44. The molecule has 2 aromatic rings. The Morgan fingerprint density at radius 1 is 1.20 bits per heavy atom. The zero-order chi connectivity index (χ0) is 21.9. The molecule has 1 saturated heterocycles. The van der Waals surface area contributed by atoms with Crippen molar-refractivity contribution in [2.75, 3.05) is 31.5 Å². The number of hydrogen-bond donors (Lipinski definition) is 1. The molecule has 30 heavy (non-hydrogen) atoms. The summed E-state index contributed by atoms with van der Waals surface area (Å²) in [7, 11) is 1.83. The third-order valence-electron chi connectivity index (χ3n) is 4.87. The van der Waals surface area contributed by atoms with Gasteiger partial charge in [0.1, 0.15) is 10.9 Å². The molecule has 0 radical (unpaired) electrons. The lowest BCUT2D eigenvalue weighted by Crippen LogP contribution is -2.37. The Bertz CT molecular complexity index is 888. The van der Waals surface area contributed by atoms with Crippen LogP contribution in [0, 0.1) is 6.92 Å². The van der Waals surface area contributed by atoms with Gasteiger partial charge in [0, 0.05) is 51.0 Å². The number of nitrogens with one attached hydrogen (secondary N) is 1. The lowest BCUT2D eigenvalue weighted by atomic mass is 10.2. The molecule has 0 spiro atoms. The Morgan fingerprint density at radius 3 is 2.50 bits per heavy atom. The van der Waals surface area contributed by atoms with Crippen LogP contribution in [0.3, 0.4) is 0 Å². The van der Waals surface area contributed by atoms with E-state index < -0.39 is 6.36 Å².